The second-order valence-electron chi connectivity index (χ2n) is 6.18. The number of benzene rings is 1. The zero-order valence-electron chi connectivity index (χ0n) is 13.5. The number of hydrogen-bond donors (Lipinski definition) is 1. The Balaban J connectivity index is 1.76. The fourth-order valence-electron chi connectivity index (χ4n) is 2.74. The molecule has 1 saturated heterocycles. The van der Waals surface area contributed by atoms with Crippen molar-refractivity contribution in [2.75, 3.05) is 31.7 Å². The van der Waals surface area contributed by atoms with Crippen molar-refractivity contribution in [2.24, 2.45) is 0 Å². The van der Waals surface area contributed by atoms with Crippen LogP contribution in [0.25, 0.3) is 0 Å². The third kappa shape index (κ3) is 5.72. The largest absolute Gasteiger partial charge is 0.389 e. The van der Waals surface area contributed by atoms with Crippen molar-refractivity contribution in [3.63, 3.8) is 0 Å². The Labute approximate surface area is 143 Å². The summed E-state index contributed by atoms with van der Waals surface area (Å²) in [6.07, 6.45) is -0.162. The van der Waals surface area contributed by atoms with Gasteiger partial charge in [0.15, 0.2) is 9.84 Å². The minimum Gasteiger partial charge on any atom is -0.389 e. The van der Waals surface area contributed by atoms with Gasteiger partial charge in [0.25, 0.3) is 0 Å². The van der Waals surface area contributed by atoms with Crippen molar-refractivity contribution in [3.8, 4) is 0 Å². The maximum absolute atomic E-state index is 11.5. The molecule has 2 rings (SSSR count). The first-order valence-corrected chi connectivity index (χ1v) is 9.92. The average molecular weight is 362 g/mol. The van der Waals surface area contributed by atoms with Gasteiger partial charge < -0.3 is 9.84 Å². The summed E-state index contributed by atoms with van der Waals surface area (Å²) < 4.78 is 28.7. The Kier molecular flexibility index (Phi) is 6.45. The van der Waals surface area contributed by atoms with Crippen LogP contribution in [0.2, 0.25) is 5.02 Å². The van der Waals surface area contributed by atoms with Crippen LogP contribution in [0.15, 0.2) is 24.3 Å². The molecule has 130 valence electrons. The number of ether oxygens (including phenoxy) is 1. The number of rotatable bonds is 7. The minimum absolute atomic E-state index is 0.0108. The van der Waals surface area contributed by atoms with Gasteiger partial charge in [0.05, 0.1) is 30.3 Å². The molecule has 1 fully saturated rings. The molecule has 3 atom stereocenters. The normalized spacial score (nSPS) is 23.1. The van der Waals surface area contributed by atoms with E-state index in [1.165, 1.54) is 0 Å². The van der Waals surface area contributed by atoms with Gasteiger partial charge in [-0.25, -0.2) is 8.42 Å². The molecule has 0 bridgehead atoms. The first-order chi connectivity index (χ1) is 10.8. The number of likely N-dealkylation sites (N-methyl/N-ethyl adjacent to an activating group) is 1. The monoisotopic (exact) mass is 361 g/mol. The van der Waals surface area contributed by atoms with E-state index in [0.717, 1.165) is 5.56 Å². The van der Waals surface area contributed by atoms with Crippen LogP contribution < -0.4 is 0 Å². The van der Waals surface area contributed by atoms with E-state index in [9.17, 15) is 13.5 Å². The van der Waals surface area contributed by atoms with Gasteiger partial charge in [-0.05, 0) is 38.1 Å². The number of sulfone groups is 1. The van der Waals surface area contributed by atoms with E-state index in [2.05, 4.69) is 0 Å². The number of aliphatic hydroxyl groups is 1. The lowest BCUT2D eigenvalue weighted by Gasteiger charge is -2.26. The molecule has 0 radical (unpaired) electrons. The van der Waals surface area contributed by atoms with Gasteiger partial charge in [-0.2, -0.15) is 0 Å². The summed E-state index contributed by atoms with van der Waals surface area (Å²) >= 11 is 5.85. The van der Waals surface area contributed by atoms with Crippen molar-refractivity contribution in [1.29, 1.82) is 0 Å². The molecule has 5 nitrogen and oxygen atoms in total. The standard InChI is InChI=1S/C16H24ClNO4S/c1-12(13-3-5-14(17)6-4-13)22-10-16(19)9-18(2)15-7-8-23(20,21)11-15/h3-6,12,15-16,19H,7-11H2,1-2H3. The topological polar surface area (TPSA) is 66.8 Å². The van der Waals surface area contributed by atoms with Crippen LogP contribution in [0.5, 0.6) is 0 Å². The summed E-state index contributed by atoms with van der Waals surface area (Å²) in [6, 6.07) is 7.40. The van der Waals surface area contributed by atoms with Crippen molar-refractivity contribution in [3.05, 3.63) is 34.9 Å². The van der Waals surface area contributed by atoms with Gasteiger partial charge in [0, 0.05) is 17.6 Å². The maximum Gasteiger partial charge on any atom is 0.151 e. The Bertz CT molecular complexity index is 605. The van der Waals surface area contributed by atoms with Gasteiger partial charge in [0.2, 0.25) is 0 Å². The fraction of sp³-hybridized carbons (Fsp3) is 0.625. The van der Waals surface area contributed by atoms with Crippen LogP contribution in [0.1, 0.15) is 25.0 Å². The van der Waals surface area contributed by atoms with Crippen LogP contribution in [-0.4, -0.2) is 62.3 Å². The number of halogens is 1. The molecule has 1 aliphatic rings. The molecule has 1 aliphatic heterocycles. The van der Waals surface area contributed by atoms with Crippen LogP contribution in [0.4, 0.5) is 0 Å². The Morgan fingerprint density at radius 2 is 2.04 bits per heavy atom. The van der Waals surface area contributed by atoms with E-state index in [1.807, 2.05) is 43.1 Å². The predicted octanol–water partition coefficient (Wildman–Crippen LogP) is 1.90. The molecule has 0 amide bonds. The summed E-state index contributed by atoms with van der Waals surface area (Å²) in [5, 5.41) is 10.8. The molecule has 1 aromatic carbocycles. The van der Waals surface area contributed by atoms with Crippen molar-refractivity contribution >= 4 is 21.4 Å². The lowest BCUT2D eigenvalue weighted by Crippen LogP contribution is -2.39. The number of aliphatic hydroxyl groups excluding tert-OH is 1. The molecule has 0 spiro atoms. The molecule has 0 aliphatic carbocycles. The SMILES string of the molecule is CC(OCC(O)CN(C)C1CCS(=O)(=O)C1)c1ccc(Cl)cc1. The van der Waals surface area contributed by atoms with E-state index in [4.69, 9.17) is 16.3 Å². The molecule has 0 saturated carbocycles. The Hall–Kier alpha value is -0.660. The van der Waals surface area contributed by atoms with E-state index < -0.39 is 15.9 Å². The van der Waals surface area contributed by atoms with E-state index in [-0.39, 0.29) is 30.3 Å². The first-order valence-electron chi connectivity index (χ1n) is 7.72. The maximum atomic E-state index is 11.5. The van der Waals surface area contributed by atoms with Gasteiger partial charge in [-0.15, -0.1) is 0 Å². The highest BCUT2D eigenvalue weighted by atomic mass is 35.5. The van der Waals surface area contributed by atoms with Crippen LogP contribution in [0.3, 0.4) is 0 Å². The van der Waals surface area contributed by atoms with Gasteiger partial charge in [0.1, 0.15) is 0 Å². The van der Waals surface area contributed by atoms with Crippen LogP contribution in [-0.2, 0) is 14.6 Å². The number of hydrogen-bond acceptors (Lipinski definition) is 5. The summed E-state index contributed by atoms with van der Waals surface area (Å²) in [5.74, 6) is 0.417. The molecule has 7 heteroatoms. The molecular formula is C16H24ClNO4S. The van der Waals surface area contributed by atoms with Gasteiger partial charge in [-0.1, -0.05) is 23.7 Å². The van der Waals surface area contributed by atoms with Crippen molar-refractivity contribution in [2.45, 2.75) is 31.6 Å². The van der Waals surface area contributed by atoms with Crippen LogP contribution in [0, 0.1) is 0 Å². The van der Waals surface area contributed by atoms with E-state index in [1.54, 1.807) is 0 Å². The van der Waals surface area contributed by atoms with Crippen LogP contribution >= 0.6 is 11.6 Å². The third-order valence-electron chi connectivity index (χ3n) is 4.21. The summed E-state index contributed by atoms with van der Waals surface area (Å²) in [4.78, 5) is 1.91. The lowest BCUT2D eigenvalue weighted by atomic mass is 10.1. The minimum atomic E-state index is -2.91. The van der Waals surface area contributed by atoms with Crippen molar-refractivity contribution in [1.82, 2.24) is 4.90 Å². The highest BCUT2D eigenvalue weighted by molar-refractivity contribution is 7.91. The molecule has 1 N–H and O–H groups in total. The lowest BCUT2D eigenvalue weighted by molar-refractivity contribution is -0.0162. The second kappa shape index (κ2) is 7.94. The molecule has 1 aromatic rings. The summed E-state index contributed by atoms with van der Waals surface area (Å²) in [6.45, 7) is 2.52. The smallest absolute Gasteiger partial charge is 0.151 e. The molecule has 3 unspecified atom stereocenters. The number of nitrogens with zero attached hydrogens (tertiary/aromatic N) is 1. The zero-order valence-corrected chi connectivity index (χ0v) is 15.1. The Morgan fingerprint density at radius 1 is 1.39 bits per heavy atom. The summed E-state index contributed by atoms with van der Waals surface area (Å²) in [5.41, 5.74) is 0.997. The highest BCUT2D eigenvalue weighted by Crippen LogP contribution is 2.20. The predicted molar refractivity (Wildman–Crippen MR) is 91.5 cm³/mol. The molecule has 23 heavy (non-hydrogen) atoms. The third-order valence-corrected chi connectivity index (χ3v) is 6.21. The molecular weight excluding hydrogens is 338 g/mol. The van der Waals surface area contributed by atoms with E-state index in [0.29, 0.717) is 18.0 Å². The molecule has 0 aromatic heterocycles. The molecule has 1 heterocycles. The Morgan fingerprint density at radius 3 is 2.61 bits per heavy atom. The van der Waals surface area contributed by atoms with Crippen molar-refractivity contribution < 1.29 is 18.3 Å². The fourth-order valence-corrected chi connectivity index (χ4v) is 4.67. The van der Waals surface area contributed by atoms with E-state index >= 15 is 0 Å². The van der Waals surface area contributed by atoms with Gasteiger partial charge in [-0.3, -0.25) is 4.90 Å². The summed E-state index contributed by atoms with van der Waals surface area (Å²) in [7, 11) is -1.06. The quantitative estimate of drug-likeness (QED) is 0.803. The van der Waals surface area contributed by atoms with Gasteiger partial charge >= 0.3 is 0 Å². The zero-order chi connectivity index (χ0) is 17.0. The second-order valence-corrected chi connectivity index (χ2v) is 8.84. The highest BCUT2D eigenvalue weighted by Gasteiger charge is 2.31. The first kappa shape index (κ1) is 18.7. The average Bonchev–Trinajstić information content (AvgIpc) is 2.86.